The van der Waals surface area contributed by atoms with Gasteiger partial charge in [0, 0.05) is 12.2 Å². The van der Waals surface area contributed by atoms with Crippen LogP contribution in [0.25, 0.3) is 0 Å². The van der Waals surface area contributed by atoms with Crippen LogP contribution in [-0.2, 0) is 6.54 Å². The number of aryl methyl sites for hydroxylation is 1. The summed E-state index contributed by atoms with van der Waals surface area (Å²) >= 11 is 0. The van der Waals surface area contributed by atoms with Crippen molar-refractivity contribution >= 4 is 0 Å². The number of aromatic nitrogens is 1. The van der Waals surface area contributed by atoms with Crippen LogP contribution in [0.3, 0.4) is 0 Å². The molecule has 2 N–H and O–H groups in total. The lowest BCUT2D eigenvalue weighted by Gasteiger charge is -1.98. The third-order valence-corrected chi connectivity index (χ3v) is 1.25. The first kappa shape index (κ1) is 7.15. The van der Waals surface area contributed by atoms with Gasteiger partial charge in [-0.1, -0.05) is 0 Å². The van der Waals surface area contributed by atoms with Crippen molar-refractivity contribution in [1.82, 2.24) is 4.98 Å². The van der Waals surface area contributed by atoms with Crippen molar-refractivity contribution < 1.29 is 4.39 Å². The molecule has 0 saturated carbocycles. The van der Waals surface area contributed by atoms with Gasteiger partial charge >= 0.3 is 0 Å². The van der Waals surface area contributed by atoms with Gasteiger partial charge in [-0.3, -0.25) is 4.98 Å². The zero-order valence-corrected chi connectivity index (χ0v) is 5.76. The molecule has 54 valence electrons. The molecule has 0 bridgehead atoms. The largest absolute Gasteiger partial charge is 0.325 e. The Balaban J connectivity index is 3.09. The second-order valence-corrected chi connectivity index (χ2v) is 2.09. The van der Waals surface area contributed by atoms with E-state index in [0.29, 0.717) is 5.69 Å². The van der Waals surface area contributed by atoms with E-state index in [1.807, 2.05) is 0 Å². The molecule has 1 heterocycles. The van der Waals surface area contributed by atoms with Gasteiger partial charge in [0.05, 0.1) is 5.69 Å². The summed E-state index contributed by atoms with van der Waals surface area (Å²) in [6.07, 6.45) is 0. The maximum atomic E-state index is 12.6. The van der Waals surface area contributed by atoms with E-state index in [0.717, 1.165) is 5.69 Å². The van der Waals surface area contributed by atoms with E-state index >= 15 is 0 Å². The highest BCUT2D eigenvalue weighted by atomic mass is 19.1. The number of nitrogens with zero attached hydrogens (tertiary/aromatic N) is 1. The quantitative estimate of drug-likeness (QED) is 0.631. The Labute approximate surface area is 58.9 Å². The Hall–Kier alpha value is -0.960. The van der Waals surface area contributed by atoms with Gasteiger partial charge in [-0.2, -0.15) is 0 Å². The molecule has 1 aromatic heterocycles. The Kier molecular flexibility index (Phi) is 1.97. The fourth-order valence-corrected chi connectivity index (χ4v) is 0.737. The minimum absolute atomic E-state index is 0.160. The van der Waals surface area contributed by atoms with Crippen LogP contribution in [0.5, 0.6) is 0 Å². The SMILES string of the molecule is Cc1ccc(F)c(CN)n1. The van der Waals surface area contributed by atoms with Crippen LogP contribution < -0.4 is 5.73 Å². The summed E-state index contributed by atoms with van der Waals surface area (Å²) in [5.41, 5.74) is 6.34. The van der Waals surface area contributed by atoms with Crippen LogP contribution in [0.15, 0.2) is 12.1 Å². The van der Waals surface area contributed by atoms with Gasteiger partial charge in [-0.25, -0.2) is 4.39 Å². The second-order valence-electron chi connectivity index (χ2n) is 2.09. The molecule has 1 aromatic rings. The minimum Gasteiger partial charge on any atom is -0.325 e. The maximum absolute atomic E-state index is 12.6. The Morgan fingerprint density at radius 2 is 2.30 bits per heavy atom. The zero-order chi connectivity index (χ0) is 7.56. The van der Waals surface area contributed by atoms with Crippen LogP contribution in [0.2, 0.25) is 0 Å². The van der Waals surface area contributed by atoms with Crippen LogP contribution >= 0.6 is 0 Å². The molecule has 0 aliphatic heterocycles. The molecule has 0 radical (unpaired) electrons. The Morgan fingerprint density at radius 3 is 2.80 bits per heavy atom. The molecule has 0 aliphatic rings. The summed E-state index contributed by atoms with van der Waals surface area (Å²) in [6.45, 7) is 1.96. The van der Waals surface area contributed by atoms with Gasteiger partial charge in [0.25, 0.3) is 0 Å². The number of rotatable bonds is 1. The van der Waals surface area contributed by atoms with E-state index in [2.05, 4.69) is 4.98 Å². The lowest BCUT2D eigenvalue weighted by Crippen LogP contribution is -2.03. The lowest BCUT2D eigenvalue weighted by atomic mass is 10.3. The molecule has 0 amide bonds. The molecule has 10 heavy (non-hydrogen) atoms. The molecule has 0 spiro atoms. The highest BCUT2D eigenvalue weighted by molar-refractivity contribution is 5.11. The summed E-state index contributed by atoms with van der Waals surface area (Å²) in [5, 5.41) is 0. The highest BCUT2D eigenvalue weighted by Gasteiger charge is 1.99. The number of hydrogen-bond acceptors (Lipinski definition) is 2. The van der Waals surface area contributed by atoms with E-state index in [-0.39, 0.29) is 12.4 Å². The fraction of sp³-hybridized carbons (Fsp3) is 0.286. The third-order valence-electron chi connectivity index (χ3n) is 1.25. The lowest BCUT2D eigenvalue weighted by molar-refractivity contribution is 0.598. The van der Waals surface area contributed by atoms with Crippen molar-refractivity contribution in [2.75, 3.05) is 0 Å². The molecule has 3 heteroatoms. The number of hydrogen-bond donors (Lipinski definition) is 1. The van der Waals surface area contributed by atoms with Crippen LogP contribution in [0, 0.1) is 12.7 Å². The summed E-state index contributed by atoms with van der Waals surface area (Å²) in [5.74, 6) is -0.326. The van der Waals surface area contributed by atoms with Crippen molar-refractivity contribution in [1.29, 1.82) is 0 Å². The van der Waals surface area contributed by atoms with Gasteiger partial charge in [0.2, 0.25) is 0 Å². The smallest absolute Gasteiger partial charge is 0.146 e. The average molecular weight is 140 g/mol. The fourth-order valence-electron chi connectivity index (χ4n) is 0.737. The molecular weight excluding hydrogens is 131 g/mol. The van der Waals surface area contributed by atoms with Gasteiger partial charge in [0.15, 0.2) is 0 Å². The summed E-state index contributed by atoms with van der Waals surface area (Å²) in [6, 6.07) is 3.00. The number of halogens is 1. The van der Waals surface area contributed by atoms with Crippen molar-refractivity contribution in [2.24, 2.45) is 5.73 Å². The molecule has 0 saturated heterocycles. The van der Waals surface area contributed by atoms with Gasteiger partial charge in [0.1, 0.15) is 5.82 Å². The molecular formula is C7H9FN2. The van der Waals surface area contributed by atoms with Crippen LogP contribution in [-0.4, -0.2) is 4.98 Å². The monoisotopic (exact) mass is 140 g/mol. The highest BCUT2D eigenvalue weighted by Crippen LogP contribution is 2.03. The van der Waals surface area contributed by atoms with Gasteiger partial charge in [-0.05, 0) is 19.1 Å². The first-order chi connectivity index (χ1) is 4.74. The summed E-state index contributed by atoms with van der Waals surface area (Å²) in [7, 11) is 0. The Bertz CT molecular complexity index is 235. The maximum Gasteiger partial charge on any atom is 0.146 e. The van der Waals surface area contributed by atoms with Crippen LogP contribution in [0.1, 0.15) is 11.4 Å². The topological polar surface area (TPSA) is 38.9 Å². The second kappa shape index (κ2) is 2.75. The molecule has 0 aromatic carbocycles. The molecule has 0 fully saturated rings. The van der Waals surface area contributed by atoms with Crippen molar-refractivity contribution in [3.63, 3.8) is 0 Å². The molecule has 2 nitrogen and oxygen atoms in total. The first-order valence-corrected chi connectivity index (χ1v) is 3.06. The van der Waals surface area contributed by atoms with E-state index in [1.54, 1.807) is 13.0 Å². The normalized spacial score (nSPS) is 9.90. The zero-order valence-electron chi connectivity index (χ0n) is 5.76. The number of nitrogens with two attached hydrogens (primary N) is 1. The van der Waals surface area contributed by atoms with E-state index in [9.17, 15) is 4.39 Å². The van der Waals surface area contributed by atoms with Crippen molar-refractivity contribution in [3.8, 4) is 0 Å². The minimum atomic E-state index is -0.326. The van der Waals surface area contributed by atoms with E-state index < -0.39 is 0 Å². The van der Waals surface area contributed by atoms with Gasteiger partial charge < -0.3 is 5.73 Å². The summed E-state index contributed by atoms with van der Waals surface area (Å²) in [4.78, 5) is 3.89. The van der Waals surface area contributed by atoms with Crippen molar-refractivity contribution in [2.45, 2.75) is 13.5 Å². The van der Waals surface area contributed by atoms with E-state index in [1.165, 1.54) is 6.07 Å². The van der Waals surface area contributed by atoms with Crippen LogP contribution in [0.4, 0.5) is 4.39 Å². The standard InChI is InChI=1S/C7H9FN2/c1-5-2-3-6(8)7(4-9)10-5/h2-3H,4,9H2,1H3. The summed E-state index contributed by atoms with van der Waals surface area (Å²) < 4.78 is 12.6. The first-order valence-electron chi connectivity index (χ1n) is 3.06. The molecule has 1 rings (SSSR count). The Morgan fingerprint density at radius 1 is 1.60 bits per heavy atom. The molecule has 0 unspecified atom stereocenters. The molecule has 0 atom stereocenters. The predicted molar refractivity (Wildman–Crippen MR) is 36.8 cm³/mol. The number of pyridine rings is 1. The predicted octanol–water partition coefficient (Wildman–Crippen LogP) is 0.988. The molecule has 0 aliphatic carbocycles. The third kappa shape index (κ3) is 1.30. The van der Waals surface area contributed by atoms with Gasteiger partial charge in [-0.15, -0.1) is 0 Å². The average Bonchev–Trinajstić information content (AvgIpc) is 1.94. The van der Waals surface area contributed by atoms with E-state index in [4.69, 9.17) is 5.73 Å². The van der Waals surface area contributed by atoms with Crippen molar-refractivity contribution in [3.05, 3.63) is 29.3 Å².